The maximum absolute atomic E-state index is 11.2. The molecule has 2 rings (SSSR count). The van der Waals surface area contributed by atoms with E-state index in [1.807, 2.05) is 18.2 Å². The van der Waals surface area contributed by atoms with Crippen LogP contribution in [0.3, 0.4) is 0 Å². The normalized spacial score (nSPS) is 16.6. The molecule has 0 spiro atoms. The first-order valence-corrected chi connectivity index (χ1v) is 5.88. The van der Waals surface area contributed by atoms with Crippen LogP contribution in [0.2, 0.25) is 0 Å². The Labute approximate surface area is 101 Å². The van der Waals surface area contributed by atoms with Crippen LogP contribution in [0.4, 0.5) is 5.82 Å². The molecule has 4 nitrogen and oxygen atoms in total. The number of rotatable bonds is 3. The van der Waals surface area contributed by atoms with Gasteiger partial charge in [0.2, 0.25) is 5.91 Å². The average Bonchev–Trinajstić information content (AvgIpc) is 2.40. The van der Waals surface area contributed by atoms with Crippen LogP contribution in [-0.2, 0) is 4.79 Å². The summed E-state index contributed by atoms with van der Waals surface area (Å²) in [7, 11) is 0. The molecule has 0 bridgehead atoms. The second kappa shape index (κ2) is 5.48. The van der Waals surface area contributed by atoms with Gasteiger partial charge in [-0.25, -0.2) is 4.98 Å². The van der Waals surface area contributed by atoms with Crippen molar-refractivity contribution in [3.8, 4) is 0 Å². The third-order valence-corrected chi connectivity index (χ3v) is 3.00. The van der Waals surface area contributed by atoms with Crippen LogP contribution in [0.5, 0.6) is 0 Å². The summed E-state index contributed by atoms with van der Waals surface area (Å²) < 4.78 is 0. The largest absolute Gasteiger partial charge is 0.356 e. The Morgan fingerprint density at radius 1 is 1.47 bits per heavy atom. The molecule has 1 aromatic heterocycles. The van der Waals surface area contributed by atoms with Gasteiger partial charge < -0.3 is 10.2 Å². The molecule has 0 aliphatic carbocycles. The summed E-state index contributed by atoms with van der Waals surface area (Å²) in [5.74, 6) is 0.933. The number of aromatic nitrogens is 1. The van der Waals surface area contributed by atoms with Crippen LogP contribution in [0.1, 0.15) is 12.8 Å². The number of carbonyl (C=O) groups excluding carboxylic acids is 1. The Hall–Kier alpha value is -1.84. The van der Waals surface area contributed by atoms with E-state index in [2.05, 4.69) is 21.8 Å². The van der Waals surface area contributed by atoms with Gasteiger partial charge in [0.05, 0.1) is 0 Å². The highest BCUT2D eigenvalue weighted by Crippen LogP contribution is 2.16. The fourth-order valence-corrected chi connectivity index (χ4v) is 2.05. The van der Waals surface area contributed by atoms with E-state index in [1.165, 1.54) is 6.08 Å². The van der Waals surface area contributed by atoms with Crippen molar-refractivity contribution in [3.05, 3.63) is 37.1 Å². The zero-order valence-corrected chi connectivity index (χ0v) is 9.80. The first-order chi connectivity index (χ1) is 8.29. The molecule has 0 atom stereocenters. The van der Waals surface area contributed by atoms with E-state index in [4.69, 9.17) is 0 Å². The molecular weight excluding hydrogens is 214 g/mol. The molecule has 4 heteroatoms. The number of amides is 1. The third-order valence-electron chi connectivity index (χ3n) is 3.00. The molecule has 1 aromatic rings. The van der Waals surface area contributed by atoms with Gasteiger partial charge in [-0.05, 0) is 31.1 Å². The fourth-order valence-electron chi connectivity index (χ4n) is 2.05. The highest BCUT2D eigenvalue weighted by atomic mass is 16.1. The first kappa shape index (κ1) is 11.6. The predicted molar refractivity (Wildman–Crippen MR) is 67.8 cm³/mol. The standard InChI is InChI=1S/C13H17N3O/c1-2-13(17)15-11-6-9-16(10-7-11)12-5-3-4-8-14-12/h2-5,8,11H,1,6-7,9-10H2,(H,15,17). The van der Waals surface area contributed by atoms with Crippen molar-refractivity contribution in [3.63, 3.8) is 0 Å². The monoisotopic (exact) mass is 231 g/mol. The summed E-state index contributed by atoms with van der Waals surface area (Å²) in [6, 6.07) is 6.19. The average molecular weight is 231 g/mol. The highest BCUT2D eigenvalue weighted by Gasteiger charge is 2.20. The molecule has 1 N–H and O–H groups in total. The van der Waals surface area contributed by atoms with Gasteiger partial charge in [0.25, 0.3) is 0 Å². The van der Waals surface area contributed by atoms with Crippen LogP contribution < -0.4 is 10.2 Å². The Kier molecular flexibility index (Phi) is 3.75. The minimum Gasteiger partial charge on any atom is -0.356 e. The van der Waals surface area contributed by atoms with Gasteiger partial charge in [-0.15, -0.1) is 0 Å². The number of nitrogens with zero attached hydrogens (tertiary/aromatic N) is 2. The Morgan fingerprint density at radius 2 is 2.24 bits per heavy atom. The zero-order chi connectivity index (χ0) is 12.1. The number of nitrogens with one attached hydrogen (secondary N) is 1. The van der Waals surface area contributed by atoms with Gasteiger partial charge in [-0.1, -0.05) is 12.6 Å². The topological polar surface area (TPSA) is 45.2 Å². The predicted octanol–water partition coefficient (Wildman–Crippen LogP) is 1.35. The number of hydrogen-bond donors (Lipinski definition) is 1. The molecule has 2 heterocycles. The third kappa shape index (κ3) is 3.06. The van der Waals surface area contributed by atoms with Crippen LogP contribution in [0, 0.1) is 0 Å². The van der Waals surface area contributed by atoms with Crippen LogP contribution in [0.15, 0.2) is 37.1 Å². The van der Waals surface area contributed by atoms with Crippen molar-refractivity contribution < 1.29 is 4.79 Å². The molecule has 0 aromatic carbocycles. The lowest BCUT2D eigenvalue weighted by atomic mass is 10.1. The Balaban J connectivity index is 1.86. The second-order valence-corrected chi connectivity index (χ2v) is 4.16. The molecule has 1 saturated heterocycles. The molecule has 0 saturated carbocycles. The summed E-state index contributed by atoms with van der Waals surface area (Å²) in [6.07, 6.45) is 5.04. The smallest absolute Gasteiger partial charge is 0.243 e. The molecule has 1 amide bonds. The van der Waals surface area contributed by atoms with Gasteiger partial charge in [0.15, 0.2) is 0 Å². The van der Waals surface area contributed by atoms with E-state index in [0.29, 0.717) is 0 Å². The number of hydrogen-bond acceptors (Lipinski definition) is 3. The number of anilines is 1. The molecule has 90 valence electrons. The van der Waals surface area contributed by atoms with Gasteiger partial charge >= 0.3 is 0 Å². The van der Waals surface area contributed by atoms with Crippen molar-refractivity contribution in [1.29, 1.82) is 0 Å². The van der Waals surface area contributed by atoms with E-state index in [9.17, 15) is 4.79 Å². The van der Waals surface area contributed by atoms with Crippen molar-refractivity contribution in [2.24, 2.45) is 0 Å². The van der Waals surface area contributed by atoms with E-state index in [0.717, 1.165) is 31.7 Å². The lowest BCUT2D eigenvalue weighted by Gasteiger charge is -2.32. The number of carbonyl (C=O) groups is 1. The minimum absolute atomic E-state index is 0.0821. The summed E-state index contributed by atoms with van der Waals surface area (Å²) in [4.78, 5) is 17.7. The molecular formula is C13H17N3O. The van der Waals surface area contributed by atoms with Crippen molar-refractivity contribution in [2.75, 3.05) is 18.0 Å². The Morgan fingerprint density at radius 3 is 2.82 bits per heavy atom. The Bertz CT molecular complexity index is 383. The van der Waals surface area contributed by atoms with Crippen LogP contribution in [0.25, 0.3) is 0 Å². The van der Waals surface area contributed by atoms with E-state index in [1.54, 1.807) is 6.20 Å². The van der Waals surface area contributed by atoms with E-state index < -0.39 is 0 Å². The quantitative estimate of drug-likeness (QED) is 0.799. The van der Waals surface area contributed by atoms with Crippen molar-refractivity contribution in [1.82, 2.24) is 10.3 Å². The highest BCUT2D eigenvalue weighted by molar-refractivity contribution is 5.87. The van der Waals surface area contributed by atoms with Crippen LogP contribution >= 0.6 is 0 Å². The molecule has 0 radical (unpaired) electrons. The molecule has 1 aliphatic heterocycles. The molecule has 0 unspecified atom stereocenters. The second-order valence-electron chi connectivity index (χ2n) is 4.16. The number of pyridine rings is 1. The molecule has 17 heavy (non-hydrogen) atoms. The SMILES string of the molecule is C=CC(=O)NC1CCN(c2ccccn2)CC1. The maximum atomic E-state index is 11.2. The van der Waals surface area contributed by atoms with Crippen molar-refractivity contribution in [2.45, 2.75) is 18.9 Å². The fraction of sp³-hybridized carbons (Fsp3) is 0.385. The van der Waals surface area contributed by atoms with Crippen molar-refractivity contribution >= 4 is 11.7 Å². The summed E-state index contributed by atoms with van der Waals surface area (Å²) in [6.45, 7) is 5.32. The first-order valence-electron chi connectivity index (χ1n) is 5.88. The lowest BCUT2D eigenvalue weighted by Crippen LogP contribution is -2.44. The maximum Gasteiger partial charge on any atom is 0.243 e. The minimum atomic E-state index is -0.0821. The van der Waals surface area contributed by atoms with Gasteiger partial charge in [-0.3, -0.25) is 4.79 Å². The number of piperidine rings is 1. The zero-order valence-electron chi connectivity index (χ0n) is 9.80. The van der Waals surface area contributed by atoms with Gasteiger partial charge in [0, 0.05) is 25.3 Å². The molecule has 1 fully saturated rings. The van der Waals surface area contributed by atoms with Gasteiger partial charge in [0.1, 0.15) is 5.82 Å². The van der Waals surface area contributed by atoms with Gasteiger partial charge in [-0.2, -0.15) is 0 Å². The molecule has 1 aliphatic rings. The van der Waals surface area contributed by atoms with E-state index in [-0.39, 0.29) is 11.9 Å². The lowest BCUT2D eigenvalue weighted by molar-refractivity contribution is -0.117. The summed E-state index contributed by atoms with van der Waals surface area (Å²) in [5.41, 5.74) is 0. The summed E-state index contributed by atoms with van der Waals surface area (Å²) in [5, 5.41) is 2.94. The van der Waals surface area contributed by atoms with E-state index >= 15 is 0 Å². The van der Waals surface area contributed by atoms with Crippen LogP contribution in [-0.4, -0.2) is 30.0 Å². The summed E-state index contributed by atoms with van der Waals surface area (Å²) >= 11 is 0.